The Morgan fingerprint density at radius 2 is 1.64 bits per heavy atom. The van der Waals surface area contributed by atoms with Crippen LogP contribution < -0.4 is 10.2 Å². The number of rotatable bonds is 6. The number of hydrogen-bond donors (Lipinski definition) is 1. The molecule has 5 nitrogen and oxygen atoms in total. The Bertz CT molecular complexity index is 788. The van der Waals surface area contributed by atoms with E-state index >= 15 is 0 Å². The molecule has 25 heavy (non-hydrogen) atoms. The molecule has 0 aliphatic rings. The van der Waals surface area contributed by atoms with E-state index in [0.717, 1.165) is 0 Å². The van der Waals surface area contributed by atoms with Gasteiger partial charge in [0.15, 0.2) is 5.78 Å². The molecule has 2 aromatic carbocycles. The highest BCUT2D eigenvalue weighted by Crippen LogP contribution is 2.16. The maximum absolute atomic E-state index is 12.1. The van der Waals surface area contributed by atoms with Gasteiger partial charge in [0.1, 0.15) is 0 Å². The van der Waals surface area contributed by atoms with Gasteiger partial charge in [0.05, 0.1) is 10.6 Å². The third kappa shape index (κ3) is 4.90. The fourth-order valence-electron chi connectivity index (χ4n) is 2.37. The van der Waals surface area contributed by atoms with Crippen molar-refractivity contribution in [3.63, 3.8) is 0 Å². The first-order valence-electron chi connectivity index (χ1n) is 7.82. The predicted molar refractivity (Wildman–Crippen MR) is 98.3 cm³/mol. The van der Waals surface area contributed by atoms with Crippen LogP contribution in [0.25, 0.3) is 0 Å². The Morgan fingerprint density at radius 3 is 2.20 bits per heavy atom. The van der Waals surface area contributed by atoms with E-state index in [1.807, 2.05) is 0 Å². The average Bonchev–Trinajstić information content (AvgIpc) is 2.58. The van der Waals surface area contributed by atoms with Gasteiger partial charge in [-0.1, -0.05) is 23.7 Å². The van der Waals surface area contributed by atoms with Crippen molar-refractivity contribution in [1.82, 2.24) is 5.32 Å². The molecule has 0 atom stereocenters. The lowest BCUT2D eigenvalue weighted by Gasteiger charge is -2.21. The second kappa shape index (κ2) is 8.44. The summed E-state index contributed by atoms with van der Waals surface area (Å²) in [6, 6.07) is 13.6. The molecule has 0 saturated heterocycles. The van der Waals surface area contributed by atoms with Crippen LogP contribution in [0.1, 0.15) is 34.6 Å². The Morgan fingerprint density at radius 1 is 1.00 bits per heavy atom. The number of halogens is 1. The number of anilines is 1. The molecule has 1 N–H and O–H groups in total. The molecule has 0 fully saturated rings. The summed E-state index contributed by atoms with van der Waals surface area (Å²) in [7, 11) is 0. The predicted octanol–water partition coefficient (Wildman–Crippen LogP) is 3.33. The minimum Gasteiger partial charge on any atom is -0.350 e. The van der Waals surface area contributed by atoms with Gasteiger partial charge in [0.25, 0.3) is 5.91 Å². The second-order valence-electron chi connectivity index (χ2n) is 5.51. The van der Waals surface area contributed by atoms with Gasteiger partial charge in [-0.15, -0.1) is 0 Å². The van der Waals surface area contributed by atoms with Crippen LogP contribution in [0, 0.1) is 0 Å². The van der Waals surface area contributed by atoms with Crippen molar-refractivity contribution in [2.75, 3.05) is 18.0 Å². The number of benzene rings is 2. The number of nitrogens with zero attached hydrogens (tertiary/aromatic N) is 1. The van der Waals surface area contributed by atoms with E-state index in [1.165, 1.54) is 18.7 Å². The van der Waals surface area contributed by atoms with Crippen LogP contribution in [0.4, 0.5) is 5.69 Å². The van der Waals surface area contributed by atoms with E-state index in [9.17, 15) is 14.4 Å². The number of nitrogens with one attached hydrogen (secondary N) is 1. The van der Waals surface area contributed by atoms with Crippen LogP contribution in [0.5, 0.6) is 0 Å². The first kappa shape index (κ1) is 18.7. The summed E-state index contributed by atoms with van der Waals surface area (Å²) in [5.74, 6) is -0.475. The molecule has 0 heterocycles. The molecule has 0 unspecified atom stereocenters. The fourth-order valence-corrected chi connectivity index (χ4v) is 2.59. The van der Waals surface area contributed by atoms with E-state index in [2.05, 4.69) is 5.32 Å². The SMILES string of the molecule is CC(=O)c1ccc(N(CCNC(=O)c2ccccc2Cl)C(C)=O)cc1. The van der Waals surface area contributed by atoms with Crippen LogP contribution in [0.3, 0.4) is 0 Å². The minimum absolute atomic E-state index is 0.0343. The molecule has 0 spiro atoms. The zero-order valence-electron chi connectivity index (χ0n) is 14.1. The largest absolute Gasteiger partial charge is 0.350 e. The highest BCUT2D eigenvalue weighted by Gasteiger charge is 2.14. The van der Waals surface area contributed by atoms with E-state index in [-0.39, 0.29) is 24.1 Å². The molecule has 2 amide bonds. The first-order valence-corrected chi connectivity index (χ1v) is 8.20. The van der Waals surface area contributed by atoms with Crippen LogP contribution in [-0.2, 0) is 4.79 Å². The molecular weight excluding hydrogens is 340 g/mol. The van der Waals surface area contributed by atoms with Gasteiger partial charge in [0.2, 0.25) is 5.91 Å². The zero-order valence-corrected chi connectivity index (χ0v) is 14.8. The van der Waals surface area contributed by atoms with E-state index in [4.69, 9.17) is 11.6 Å². The number of Topliss-reactive ketones (excluding diaryl/α,β-unsaturated/α-hetero) is 1. The summed E-state index contributed by atoms with van der Waals surface area (Å²) >= 11 is 5.99. The number of hydrogen-bond acceptors (Lipinski definition) is 3. The average molecular weight is 359 g/mol. The Balaban J connectivity index is 2.00. The molecule has 0 aliphatic heterocycles. The minimum atomic E-state index is -0.291. The fraction of sp³-hybridized carbons (Fsp3) is 0.211. The summed E-state index contributed by atoms with van der Waals surface area (Å²) in [6.07, 6.45) is 0. The molecule has 0 aliphatic carbocycles. The summed E-state index contributed by atoms with van der Waals surface area (Å²) in [6.45, 7) is 3.53. The molecule has 0 aromatic heterocycles. The summed E-state index contributed by atoms with van der Waals surface area (Å²) in [4.78, 5) is 36.9. The van der Waals surface area contributed by atoms with Crippen LogP contribution in [-0.4, -0.2) is 30.7 Å². The lowest BCUT2D eigenvalue weighted by atomic mass is 10.1. The number of ketones is 1. The number of carbonyl (C=O) groups is 3. The maximum Gasteiger partial charge on any atom is 0.252 e. The quantitative estimate of drug-likeness (QED) is 0.805. The van der Waals surface area contributed by atoms with Gasteiger partial charge in [-0.05, 0) is 43.3 Å². The maximum atomic E-state index is 12.1. The van der Waals surface area contributed by atoms with Crippen molar-refractivity contribution in [1.29, 1.82) is 0 Å². The molecule has 6 heteroatoms. The van der Waals surface area contributed by atoms with Gasteiger partial charge < -0.3 is 10.2 Å². The first-order chi connectivity index (χ1) is 11.9. The normalized spacial score (nSPS) is 10.2. The smallest absolute Gasteiger partial charge is 0.252 e. The van der Waals surface area contributed by atoms with E-state index in [1.54, 1.807) is 48.5 Å². The van der Waals surface area contributed by atoms with Crippen LogP contribution in [0.2, 0.25) is 5.02 Å². The number of amides is 2. The van der Waals surface area contributed by atoms with Crippen molar-refractivity contribution in [2.24, 2.45) is 0 Å². The Hall–Kier alpha value is -2.66. The summed E-state index contributed by atoms with van der Waals surface area (Å²) in [5.41, 5.74) is 1.65. The second-order valence-corrected chi connectivity index (χ2v) is 5.92. The van der Waals surface area contributed by atoms with Crippen molar-refractivity contribution < 1.29 is 14.4 Å². The van der Waals surface area contributed by atoms with Crippen LogP contribution >= 0.6 is 11.6 Å². The highest BCUT2D eigenvalue weighted by molar-refractivity contribution is 6.33. The monoisotopic (exact) mass is 358 g/mol. The topological polar surface area (TPSA) is 66.5 Å². The highest BCUT2D eigenvalue weighted by atomic mass is 35.5. The van der Waals surface area contributed by atoms with Gasteiger partial charge in [0, 0.05) is 31.3 Å². The molecular formula is C19H19ClN2O3. The summed E-state index contributed by atoms with van der Waals surface area (Å²) in [5, 5.41) is 3.13. The van der Waals surface area contributed by atoms with Crippen LogP contribution in [0.15, 0.2) is 48.5 Å². The summed E-state index contributed by atoms with van der Waals surface area (Å²) < 4.78 is 0. The van der Waals surface area contributed by atoms with E-state index in [0.29, 0.717) is 28.4 Å². The van der Waals surface area contributed by atoms with Gasteiger partial charge in [-0.3, -0.25) is 14.4 Å². The van der Waals surface area contributed by atoms with Crippen molar-refractivity contribution in [3.05, 3.63) is 64.7 Å². The van der Waals surface area contributed by atoms with Gasteiger partial charge in [-0.25, -0.2) is 0 Å². The molecule has 0 saturated carbocycles. The molecule has 2 rings (SSSR count). The van der Waals surface area contributed by atoms with E-state index < -0.39 is 0 Å². The van der Waals surface area contributed by atoms with Gasteiger partial charge >= 0.3 is 0 Å². The molecule has 2 aromatic rings. The molecule has 130 valence electrons. The van der Waals surface area contributed by atoms with Crippen molar-refractivity contribution >= 4 is 34.9 Å². The molecule has 0 bridgehead atoms. The Labute approximate surface area is 151 Å². The van der Waals surface area contributed by atoms with Crippen molar-refractivity contribution in [3.8, 4) is 0 Å². The van der Waals surface area contributed by atoms with Gasteiger partial charge in [-0.2, -0.15) is 0 Å². The zero-order chi connectivity index (χ0) is 18.4. The third-order valence-electron chi connectivity index (χ3n) is 3.71. The number of carbonyl (C=O) groups excluding carboxylic acids is 3. The lowest BCUT2D eigenvalue weighted by molar-refractivity contribution is -0.116. The third-order valence-corrected chi connectivity index (χ3v) is 4.03. The molecule has 0 radical (unpaired) electrons. The lowest BCUT2D eigenvalue weighted by Crippen LogP contribution is -2.37. The van der Waals surface area contributed by atoms with Crippen molar-refractivity contribution in [2.45, 2.75) is 13.8 Å². The Kier molecular flexibility index (Phi) is 6.31. The standard InChI is InChI=1S/C19H19ClN2O3/c1-13(23)15-7-9-16(10-8-15)22(14(2)24)12-11-21-19(25)17-5-3-4-6-18(17)20/h3-10H,11-12H2,1-2H3,(H,21,25).